The molecular weight excluding hydrogens is 320 g/mol. The maximum Gasteiger partial charge on any atom is 0.251 e. The van der Waals surface area contributed by atoms with Gasteiger partial charge < -0.3 is 5.32 Å². The van der Waals surface area contributed by atoms with Crippen LogP contribution in [0.3, 0.4) is 0 Å². The molecule has 1 N–H and O–H groups in total. The Bertz CT molecular complexity index is 778. The van der Waals surface area contributed by atoms with Crippen molar-refractivity contribution in [2.24, 2.45) is 0 Å². The second-order valence-corrected chi connectivity index (χ2v) is 7.68. The van der Waals surface area contributed by atoms with Crippen molar-refractivity contribution < 1.29 is 4.79 Å². The molecule has 1 amide bonds. The van der Waals surface area contributed by atoms with Crippen LogP contribution in [0.1, 0.15) is 58.3 Å². The molecule has 0 bridgehead atoms. The van der Waals surface area contributed by atoms with Gasteiger partial charge in [-0.2, -0.15) is 0 Å². The van der Waals surface area contributed by atoms with E-state index in [1.54, 1.807) is 0 Å². The number of carbonyl (C=O) groups excluding carboxylic acids is 1. The molecule has 1 heterocycles. The first-order chi connectivity index (χ1) is 12.8. The Kier molecular flexibility index (Phi) is 5.35. The van der Waals surface area contributed by atoms with Crippen LogP contribution in [0.5, 0.6) is 0 Å². The van der Waals surface area contributed by atoms with Crippen molar-refractivity contribution >= 4 is 5.91 Å². The first kappa shape index (κ1) is 17.3. The summed E-state index contributed by atoms with van der Waals surface area (Å²) in [6.07, 6.45) is 7.40. The summed E-state index contributed by atoms with van der Waals surface area (Å²) in [5.41, 5.74) is 6.08. The molecule has 0 saturated carbocycles. The van der Waals surface area contributed by atoms with Crippen molar-refractivity contribution in [3.8, 4) is 0 Å². The van der Waals surface area contributed by atoms with Gasteiger partial charge in [-0.25, -0.2) is 0 Å². The number of fused-ring (bicyclic) bond motifs is 1. The molecule has 2 aliphatic rings. The number of nitrogens with zero attached hydrogens (tertiary/aromatic N) is 1. The second-order valence-electron chi connectivity index (χ2n) is 7.68. The molecule has 136 valence electrons. The number of nitrogens with one attached hydrogen (secondary N) is 1. The number of likely N-dealkylation sites (tertiary alicyclic amines) is 1. The molecule has 1 aliphatic heterocycles. The number of aryl methyl sites for hydroxylation is 2. The highest BCUT2D eigenvalue weighted by molar-refractivity contribution is 5.94. The Morgan fingerprint density at radius 1 is 0.885 bits per heavy atom. The number of carbonyl (C=O) groups is 1. The van der Waals surface area contributed by atoms with Gasteiger partial charge in [-0.3, -0.25) is 9.69 Å². The molecule has 1 fully saturated rings. The molecule has 2 aromatic carbocycles. The van der Waals surface area contributed by atoms with Crippen molar-refractivity contribution in [1.29, 1.82) is 0 Å². The van der Waals surface area contributed by atoms with Crippen LogP contribution in [0.4, 0.5) is 0 Å². The summed E-state index contributed by atoms with van der Waals surface area (Å²) in [4.78, 5) is 15.1. The lowest BCUT2D eigenvalue weighted by molar-refractivity contribution is 0.0950. The Labute approximate surface area is 156 Å². The third-order valence-electron chi connectivity index (χ3n) is 5.66. The van der Waals surface area contributed by atoms with Gasteiger partial charge in [0.05, 0.1) is 0 Å². The third kappa shape index (κ3) is 4.16. The standard InChI is InChI=1S/C23H28N2O/c26-23(22-11-10-20-8-1-2-9-21(20)15-22)24-16-18-6-5-7-19(14-18)17-25-12-3-4-13-25/h5-7,10-11,14-15H,1-4,8-9,12-13,16-17H2,(H,24,26). The minimum atomic E-state index is 0.0309. The van der Waals surface area contributed by atoms with Crippen LogP contribution < -0.4 is 5.32 Å². The Hall–Kier alpha value is -2.13. The highest BCUT2D eigenvalue weighted by Crippen LogP contribution is 2.22. The van der Waals surface area contributed by atoms with Crippen molar-refractivity contribution in [2.75, 3.05) is 13.1 Å². The van der Waals surface area contributed by atoms with Crippen molar-refractivity contribution in [2.45, 2.75) is 51.6 Å². The summed E-state index contributed by atoms with van der Waals surface area (Å²) >= 11 is 0. The van der Waals surface area contributed by atoms with Gasteiger partial charge >= 0.3 is 0 Å². The Morgan fingerprint density at radius 3 is 2.50 bits per heavy atom. The van der Waals surface area contributed by atoms with Crippen LogP contribution in [-0.2, 0) is 25.9 Å². The van der Waals surface area contributed by atoms with Gasteiger partial charge in [0.2, 0.25) is 0 Å². The third-order valence-corrected chi connectivity index (χ3v) is 5.66. The highest BCUT2D eigenvalue weighted by atomic mass is 16.1. The Morgan fingerprint density at radius 2 is 1.65 bits per heavy atom. The van der Waals surface area contributed by atoms with Gasteiger partial charge in [0.25, 0.3) is 5.91 Å². The second kappa shape index (κ2) is 8.05. The van der Waals surface area contributed by atoms with Crippen LogP contribution in [-0.4, -0.2) is 23.9 Å². The first-order valence-electron chi connectivity index (χ1n) is 9.98. The van der Waals surface area contributed by atoms with E-state index in [1.807, 2.05) is 6.07 Å². The maximum atomic E-state index is 12.5. The molecule has 3 nitrogen and oxygen atoms in total. The van der Waals surface area contributed by atoms with Crippen LogP contribution in [0.2, 0.25) is 0 Å². The molecule has 3 heteroatoms. The lowest BCUT2D eigenvalue weighted by atomic mass is 9.90. The van der Waals surface area contributed by atoms with Gasteiger partial charge in [0.15, 0.2) is 0 Å². The van der Waals surface area contributed by atoms with Crippen molar-refractivity contribution in [3.05, 3.63) is 70.3 Å². The largest absolute Gasteiger partial charge is 0.348 e. The molecule has 0 spiro atoms. The smallest absolute Gasteiger partial charge is 0.251 e. The van der Waals surface area contributed by atoms with Crippen molar-refractivity contribution in [1.82, 2.24) is 10.2 Å². The minimum absolute atomic E-state index is 0.0309. The SMILES string of the molecule is O=C(NCc1cccc(CN2CCCC2)c1)c1ccc2c(c1)CCCC2. The molecular formula is C23H28N2O. The van der Waals surface area contributed by atoms with E-state index in [1.165, 1.54) is 61.0 Å². The molecule has 0 unspecified atom stereocenters. The minimum Gasteiger partial charge on any atom is -0.348 e. The first-order valence-corrected chi connectivity index (χ1v) is 9.98. The molecule has 0 atom stereocenters. The molecule has 1 saturated heterocycles. The summed E-state index contributed by atoms with van der Waals surface area (Å²) in [5, 5.41) is 3.09. The van der Waals surface area contributed by atoms with Gasteiger partial charge in [0, 0.05) is 18.7 Å². The lowest BCUT2D eigenvalue weighted by Crippen LogP contribution is -2.23. The predicted molar refractivity (Wildman–Crippen MR) is 105 cm³/mol. The molecule has 0 aromatic heterocycles. The maximum absolute atomic E-state index is 12.5. The monoisotopic (exact) mass is 348 g/mol. The summed E-state index contributed by atoms with van der Waals surface area (Å²) in [6, 6.07) is 14.8. The molecule has 0 radical (unpaired) electrons. The fourth-order valence-corrected chi connectivity index (χ4v) is 4.20. The van der Waals surface area contributed by atoms with Crippen LogP contribution in [0.25, 0.3) is 0 Å². The van der Waals surface area contributed by atoms with Gasteiger partial charge in [-0.05, 0) is 86.0 Å². The number of hydrogen-bond acceptors (Lipinski definition) is 2. The summed E-state index contributed by atoms with van der Waals surface area (Å²) < 4.78 is 0. The number of rotatable bonds is 5. The van der Waals surface area contributed by atoms with Crippen molar-refractivity contribution in [3.63, 3.8) is 0 Å². The summed E-state index contributed by atoms with van der Waals surface area (Å²) in [6.45, 7) is 4.02. The predicted octanol–water partition coefficient (Wildman–Crippen LogP) is 4.09. The average Bonchev–Trinajstić information content (AvgIpc) is 3.19. The van der Waals surface area contributed by atoms with E-state index >= 15 is 0 Å². The zero-order chi connectivity index (χ0) is 17.8. The van der Waals surface area contributed by atoms with E-state index in [0.717, 1.165) is 24.9 Å². The average molecular weight is 348 g/mol. The van der Waals surface area contributed by atoms with Gasteiger partial charge in [0.1, 0.15) is 0 Å². The zero-order valence-electron chi connectivity index (χ0n) is 15.5. The Balaban J connectivity index is 1.36. The van der Waals surface area contributed by atoms with Crippen LogP contribution in [0.15, 0.2) is 42.5 Å². The highest BCUT2D eigenvalue weighted by Gasteiger charge is 2.14. The number of benzene rings is 2. The molecule has 4 rings (SSSR count). The quantitative estimate of drug-likeness (QED) is 0.883. The van der Waals surface area contributed by atoms with E-state index in [0.29, 0.717) is 6.54 Å². The fraction of sp³-hybridized carbons (Fsp3) is 0.435. The van der Waals surface area contributed by atoms with E-state index in [2.05, 4.69) is 46.6 Å². The number of hydrogen-bond donors (Lipinski definition) is 1. The van der Waals surface area contributed by atoms with E-state index in [9.17, 15) is 4.79 Å². The van der Waals surface area contributed by atoms with E-state index in [4.69, 9.17) is 0 Å². The van der Waals surface area contributed by atoms with Gasteiger partial charge in [-0.15, -0.1) is 0 Å². The normalized spacial score (nSPS) is 17.1. The van der Waals surface area contributed by atoms with Crippen LogP contribution >= 0.6 is 0 Å². The van der Waals surface area contributed by atoms with E-state index in [-0.39, 0.29) is 5.91 Å². The number of amides is 1. The van der Waals surface area contributed by atoms with Gasteiger partial charge in [-0.1, -0.05) is 30.3 Å². The molecule has 26 heavy (non-hydrogen) atoms. The lowest BCUT2D eigenvalue weighted by Gasteiger charge is -2.17. The summed E-state index contributed by atoms with van der Waals surface area (Å²) in [5.74, 6) is 0.0309. The van der Waals surface area contributed by atoms with Crippen LogP contribution in [0, 0.1) is 0 Å². The molecule has 2 aromatic rings. The fourth-order valence-electron chi connectivity index (χ4n) is 4.20. The van der Waals surface area contributed by atoms with E-state index < -0.39 is 0 Å². The topological polar surface area (TPSA) is 32.3 Å². The molecule has 1 aliphatic carbocycles. The zero-order valence-corrected chi connectivity index (χ0v) is 15.5. The summed E-state index contributed by atoms with van der Waals surface area (Å²) in [7, 11) is 0.